The molecule has 0 saturated heterocycles. The maximum atomic E-state index is 14.0. The highest BCUT2D eigenvalue weighted by molar-refractivity contribution is 5.97. The van der Waals surface area contributed by atoms with Crippen molar-refractivity contribution >= 4 is 70.2 Å². The van der Waals surface area contributed by atoms with Gasteiger partial charge in [-0.05, 0) is 56.6 Å². The van der Waals surface area contributed by atoms with Crippen LogP contribution in [0.15, 0.2) is 35.5 Å². The summed E-state index contributed by atoms with van der Waals surface area (Å²) < 4.78 is 0. The first-order valence-electron chi connectivity index (χ1n) is 20.1. The van der Waals surface area contributed by atoms with Gasteiger partial charge in [-0.3, -0.25) is 48.1 Å². The number of aliphatic hydroxyl groups is 1. The second kappa shape index (κ2) is 25.8. The molecule has 18 N–H and O–H groups in total. The van der Waals surface area contributed by atoms with E-state index in [4.69, 9.17) is 22.9 Å². The Morgan fingerprint density at radius 3 is 1.73 bits per heavy atom. The van der Waals surface area contributed by atoms with Crippen molar-refractivity contribution in [3.63, 3.8) is 0 Å². The molecule has 0 radical (unpaired) electrons. The topological polar surface area (TPSA) is 419 Å². The highest BCUT2D eigenvalue weighted by Crippen LogP contribution is 2.19. The summed E-state index contributed by atoms with van der Waals surface area (Å²) in [7, 11) is 0. The Bertz CT molecular complexity index is 1970. The van der Waals surface area contributed by atoms with Crippen molar-refractivity contribution in [3.05, 3.63) is 36.0 Å². The molecule has 1 heterocycles. The zero-order chi connectivity index (χ0) is 47.4. The van der Waals surface area contributed by atoms with Crippen molar-refractivity contribution < 1.29 is 58.5 Å². The second-order valence-corrected chi connectivity index (χ2v) is 15.2. The van der Waals surface area contributed by atoms with Gasteiger partial charge in [0.2, 0.25) is 41.4 Å². The van der Waals surface area contributed by atoms with Gasteiger partial charge in [0.15, 0.2) is 5.96 Å². The maximum Gasteiger partial charge on any atom is 0.325 e. The highest BCUT2D eigenvalue weighted by Gasteiger charge is 2.34. The molecule has 7 amide bonds. The van der Waals surface area contributed by atoms with Crippen LogP contribution in [0.1, 0.15) is 71.3 Å². The Labute approximate surface area is 362 Å². The SMILES string of the molecule is CC(C)C[C@H](NC(=O)[C@H](CCC(=O)O)NC(=O)[C@H](Cc1c[nH]c2ccccc12)NC(=O)[C@@H](N)CO)C(=O)N[C@@H](CCCN=C(N)N)C(=O)N[C@@H](CCC(N)=O)C(=O)N[C@@H](C)C(=O)O. The van der Waals surface area contributed by atoms with Crippen molar-refractivity contribution in [2.24, 2.45) is 33.8 Å². The number of guanidine groups is 1. The number of aromatic amines is 1. The van der Waals surface area contributed by atoms with Crippen molar-refractivity contribution in [2.45, 2.75) is 114 Å². The molecule has 0 bridgehead atoms. The third kappa shape index (κ3) is 18.4. The molecule has 2 aromatic rings. The van der Waals surface area contributed by atoms with E-state index >= 15 is 0 Å². The number of benzene rings is 1. The Morgan fingerprint density at radius 2 is 1.19 bits per heavy atom. The molecule has 0 spiro atoms. The van der Waals surface area contributed by atoms with Crippen LogP contribution in [0.3, 0.4) is 0 Å². The number of nitrogens with one attached hydrogen (secondary N) is 7. The summed E-state index contributed by atoms with van der Waals surface area (Å²) in [4.78, 5) is 123. The number of nitrogens with zero attached hydrogens (tertiary/aromatic N) is 1. The molecule has 0 unspecified atom stereocenters. The zero-order valence-corrected chi connectivity index (χ0v) is 35.3. The number of para-hydroxylation sites is 1. The number of hydrogen-bond acceptors (Lipinski definition) is 12. The first kappa shape index (κ1) is 52.3. The lowest BCUT2D eigenvalue weighted by molar-refractivity contribution is -0.142. The lowest BCUT2D eigenvalue weighted by Crippen LogP contribution is -2.60. The average molecular weight is 889 g/mol. The van der Waals surface area contributed by atoms with E-state index in [2.05, 4.69) is 41.9 Å². The van der Waals surface area contributed by atoms with E-state index in [1.54, 1.807) is 44.3 Å². The monoisotopic (exact) mass is 888 g/mol. The molecule has 1 aromatic heterocycles. The van der Waals surface area contributed by atoms with Gasteiger partial charge in [0, 0.05) is 42.9 Å². The standard InChI is InChI=1S/C39H60N12O12/c1-19(2)15-28(36(60)47-25(9-6-14-44-39(42)43)34(58)48-26(10-12-30(41)53)33(57)46-20(3)38(62)63)51-35(59)27(11-13-31(54)55)49-37(61)29(50-32(56)23(40)18-52)16-21-17-45-24-8-5-4-7-22(21)24/h4-5,7-8,17,19-20,23,25-29,45,52H,6,9-16,18,40H2,1-3H3,(H2,41,53)(H,46,57)(H,47,60)(H,48,58)(H,49,61)(H,50,56)(H,51,59)(H,54,55)(H,62,63)(H4,42,43,44)/t20-,23-,25-,26-,27-,28-,29-/m0/s1. The Balaban J connectivity index is 2.44. The number of amides is 7. The number of aromatic nitrogens is 1. The molecular formula is C39H60N12O12. The first-order chi connectivity index (χ1) is 29.6. The minimum Gasteiger partial charge on any atom is -0.481 e. The Morgan fingerprint density at radius 1 is 0.683 bits per heavy atom. The molecule has 0 fully saturated rings. The van der Waals surface area contributed by atoms with E-state index in [9.17, 15) is 58.5 Å². The normalized spacial score (nSPS) is 14.4. The zero-order valence-electron chi connectivity index (χ0n) is 35.3. The molecular weight excluding hydrogens is 829 g/mol. The molecule has 63 heavy (non-hydrogen) atoms. The van der Waals surface area contributed by atoms with Gasteiger partial charge in [0.1, 0.15) is 42.3 Å². The summed E-state index contributed by atoms with van der Waals surface area (Å²) in [6.07, 6.45) is -0.339. The lowest BCUT2D eigenvalue weighted by Gasteiger charge is -2.28. The molecule has 1 aromatic carbocycles. The minimum absolute atomic E-state index is 0.00844. The van der Waals surface area contributed by atoms with E-state index in [1.165, 1.54) is 6.92 Å². The first-order valence-corrected chi connectivity index (χ1v) is 20.1. The minimum atomic E-state index is -1.58. The number of carbonyl (C=O) groups is 9. The van der Waals surface area contributed by atoms with Crippen LogP contribution in [-0.4, -0.2) is 135 Å². The molecule has 24 nitrogen and oxygen atoms in total. The van der Waals surface area contributed by atoms with Crippen molar-refractivity contribution in [1.82, 2.24) is 36.9 Å². The van der Waals surface area contributed by atoms with Crippen LogP contribution in [0.2, 0.25) is 0 Å². The smallest absolute Gasteiger partial charge is 0.325 e. The summed E-state index contributed by atoms with van der Waals surface area (Å²) in [5.74, 6) is -9.62. The van der Waals surface area contributed by atoms with Crippen LogP contribution in [0.25, 0.3) is 10.9 Å². The van der Waals surface area contributed by atoms with Gasteiger partial charge in [-0.1, -0.05) is 32.0 Å². The quantitative estimate of drug-likeness (QED) is 0.0222. The fourth-order valence-electron chi connectivity index (χ4n) is 6.12. The third-order valence-electron chi connectivity index (χ3n) is 9.51. The largest absolute Gasteiger partial charge is 0.481 e. The molecule has 348 valence electrons. The van der Waals surface area contributed by atoms with E-state index in [-0.39, 0.29) is 56.9 Å². The van der Waals surface area contributed by atoms with E-state index in [0.29, 0.717) is 5.56 Å². The molecule has 7 atom stereocenters. The molecule has 2 rings (SSSR count). The van der Waals surface area contributed by atoms with Crippen LogP contribution in [0, 0.1) is 5.92 Å². The van der Waals surface area contributed by atoms with Gasteiger partial charge in [-0.2, -0.15) is 0 Å². The average Bonchev–Trinajstić information content (AvgIpc) is 3.62. The molecule has 0 aliphatic rings. The fraction of sp³-hybridized carbons (Fsp3) is 0.538. The number of carboxylic acid groups (broad SMARTS) is 2. The van der Waals surface area contributed by atoms with Gasteiger partial charge in [0.05, 0.1) is 6.61 Å². The molecule has 0 aliphatic heterocycles. The van der Waals surface area contributed by atoms with Crippen molar-refractivity contribution in [3.8, 4) is 0 Å². The number of aliphatic hydroxyl groups excluding tert-OH is 1. The number of H-pyrrole nitrogens is 1. The summed E-state index contributed by atoms with van der Waals surface area (Å²) in [6.45, 7) is 3.90. The number of nitrogens with two attached hydrogens (primary N) is 4. The van der Waals surface area contributed by atoms with E-state index < -0.39 is 115 Å². The van der Waals surface area contributed by atoms with Crippen LogP contribution in [0.4, 0.5) is 0 Å². The molecule has 0 saturated carbocycles. The van der Waals surface area contributed by atoms with Gasteiger partial charge in [-0.15, -0.1) is 0 Å². The second-order valence-electron chi connectivity index (χ2n) is 15.2. The molecule has 0 aliphatic carbocycles. The van der Waals surface area contributed by atoms with Crippen LogP contribution < -0.4 is 54.8 Å². The number of hydrogen-bond donors (Lipinski definition) is 14. The van der Waals surface area contributed by atoms with Gasteiger partial charge in [0.25, 0.3) is 0 Å². The summed E-state index contributed by atoms with van der Waals surface area (Å²) >= 11 is 0. The predicted molar refractivity (Wildman–Crippen MR) is 227 cm³/mol. The summed E-state index contributed by atoms with van der Waals surface area (Å²) in [5.41, 5.74) is 23.1. The lowest BCUT2D eigenvalue weighted by atomic mass is 10.00. The number of fused-ring (bicyclic) bond motifs is 1. The summed E-state index contributed by atoms with van der Waals surface area (Å²) in [6, 6.07) is -2.93. The van der Waals surface area contributed by atoms with E-state index in [0.717, 1.165) is 10.9 Å². The number of aliphatic carboxylic acids is 2. The van der Waals surface area contributed by atoms with Crippen molar-refractivity contribution in [2.75, 3.05) is 13.2 Å². The highest BCUT2D eigenvalue weighted by atomic mass is 16.4. The van der Waals surface area contributed by atoms with Gasteiger partial charge >= 0.3 is 11.9 Å². The number of aliphatic imine (C=N–C) groups is 1. The van der Waals surface area contributed by atoms with Gasteiger partial charge < -0.3 is 75.1 Å². The fourth-order valence-corrected chi connectivity index (χ4v) is 6.12. The Hall–Kier alpha value is -6.82. The maximum absolute atomic E-state index is 14.0. The third-order valence-corrected chi connectivity index (χ3v) is 9.51. The molecule has 24 heteroatoms. The number of carbonyl (C=O) groups excluding carboxylic acids is 7. The van der Waals surface area contributed by atoms with Crippen LogP contribution >= 0.6 is 0 Å². The number of rotatable bonds is 28. The van der Waals surface area contributed by atoms with Crippen molar-refractivity contribution in [1.29, 1.82) is 0 Å². The van der Waals surface area contributed by atoms with Crippen LogP contribution in [0.5, 0.6) is 0 Å². The number of primary amides is 1. The summed E-state index contributed by atoms with van der Waals surface area (Å²) in [5, 5.41) is 43.7. The number of carboxylic acids is 2. The van der Waals surface area contributed by atoms with E-state index in [1.807, 2.05) is 0 Å². The Kier molecular flexibility index (Phi) is 21.5. The van der Waals surface area contributed by atoms with Gasteiger partial charge in [-0.25, -0.2) is 0 Å². The van der Waals surface area contributed by atoms with Crippen LogP contribution in [-0.2, 0) is 49.6 Å². The predicted octanol–water partition coefficient (Wildman–Crippen LogP) is -3.73.